The zero-order valence-corrected chi connectivity index (χ0v) is 15.8. The van der Waals surface area contributed by atoms with Crippen LogP contribution in [0.25, 0.3) is 0 Å². The van der Waals surface area contributed by atoms with Gasteiger partial charge in [0, 0.05) is 38.7 Å². The van der Waals surface area contributed by atoms with Crippen LogP contribution in [0.5, 0.6) is 5.75 Å². The van der Waals surface area contributed by atoms with E-state index in [1.165, 1.54) is 4.31 Å². The molecular weight excluding hydrogens is 328 g/mol. The zero-order chi connectivity index (χ0) is 18.2. The highest BCUT2D eigenvalue weighted by Gasteiger charge is 2.20. The van der Waals surface area contributed by atoms with Gasteiger partial charge in [0.05, 0.1) is 13.4 Å². The molecule has 136 valence electrons. The summed E-state index contributed by atoms with van der Waals surface area (Å²) < 4.78 is 30.7. The predicted molar refractivity (Wildman–Crippen MR) is 95.4 cm³/mol. The SMILES string of the molecule is CCCCN(C)C(=O)CCN(Cc1ccccc1OC)S(C)(=O)=O. The Labute approximate surface area is 145 Å². The van der Waals surface area contributed by atoms with Gasteiger partial charge in [0.25, 0.3) is 0 Å². The van der Waals surface area contributed by atoms with Crippen molar-refractivity contribution in [2.45, 2.75) is 32.7 Å². The molecule has 0 unspecified atom stereocenters. The van der Waals surface area contributed by atoms with Crippen molar-refractivity contribution in [2.75, 3.05) is 33.5 Å². The van der Waals surface area contributed by atoms with E-state index in [4.69, 9.17) is 4.74 Å². The molecule has 0 bridgehead atoms. The number of hydrogen-bond donors (Lipinski definition) is 0. The highest BCUT2D eigenvalue weighted by atomic mass is 32.2. The van der Waals surface area contributed by atoms with Crippen LogP contribution in [0.4, 0.5) is 0 Å². The zero-order valence-electron chi connectivity index (χ0n) is 15.0. The first-order valence-corrected chi connectivity index (χ1v) is 9.95. The largest absolute Gasteiger partial charge is 0.496 e. The van der Waals surface area contributed by atoms with E-state index >= 15 is 0 Å². The Kier molecular flexibility index (Phi) is 8.21. The van der Waals surface area contributed by atoms with Crippen LogP contribution in [0.3, 0.4) is 0 Å². The van der Waals surface area contributed by atoms with Gasteiger partial charge in [0.2, 0.25) is 15.9 Å². The number of nitrogens with zero attached hydrogens (tertiary/aromatic N) is 2. The molecule has 1 aromatic carbocycles. The summed E-state index contributed by atoms with van der Waals surface area (Å²) in [5.74, 6) is 0.592. The summed E-state index contributed by atoms with van der Waals surface area (Å²) in [5.41, 5.74) is 0.775. The Morgan fingerprint density at radius 2 is 1.88 bits per heavy atom. The monoisotopic (exact) mass is 356 g/mol. The van der Waals surface area contributed by atoms with Gasteiger partial charge in [-0.1, -0.05) is 31.5 Å². The van der Waals surface area contributed by atoms with Gasteiger partial charge in [-0.2, -0.15) is 4.31 Å². The highest BCUT2D eigenvalue weighted by Crippen LogP contribution is 2.20. The van der Waals surface area contributed by atoms with Crippen LogP contribution >= 0.6 is 0 Å². The fourth-order valence-corrected chi connectivity index (χ4v) is 3.11. The van der Waals surface area contributed by atoms with Crippen LogP contribution in [-0.2, 0) is 21.4 Å². The van der Waals surface area contributed by atoms with Gasteiger partial charge >= 0.3 is 0 Å². The first kappa shape index (κ1) is 20.4. The van der Waals surface area contributed by atoms with Crippen molar-refractivity contribution >= 4 is 15.9 Å². The number of benzene rings is 1. The van der Waals surface area contributed by atoms with Crippen molar-refractivity contribution in [3.05, 3.63) is 29.8 Å². The molecule has 0 heterocycles. The van der Waals surface area contributed by atoms with E-state index < -0.39 is 10.0 Å². The van der Waals surface area contributed by atoms with Crippen molar-refractivity contribution < 1.29 is 17.9 Å². The molecule has 1 aromatic rings. The topological polar surface area (TPSA) is 66.9 Å². The summed E-state index contributed by atoms with van der Waals surface area (Å²) >= 11 is 0. The Hall–Kier alpha value is -1.60. The van der Waals surface area contributed by atoms with Crippen LogP contribution in [0, 0.1) is 0 Å². The number of unbranched alkanes of at least 4 members (excludes halogenated alkanes) is 1. The second kappa shape index (κ2) is 9.64. The van der Waals surface area contributed by atoms with Gasteiger partial charge in [-0.05, 0) is 12.5 Å². The number of rotatable bonds is 10. The van der Waals surface area contributed by atoms with E-state index in [1.54, 1.807) is 25.1 Å². The number of para-hydroxylation sites is 1. The number of amides is 1. The third-order valence-electron chi connectivity index (χ3n) is 3.86. The molecule has 1 rings (SSSR count). The Morgan fingerprint density at radius 3 is 2.46 bits per heavy atom. The maximum Gasteiger partial charge on any atom is 0.223 e. The van der Waals surface area contributed by atoms with Crippen LogP contribution in [0.1, 0.15) is 31.7 Å². The summed E-state index contributed by atoms with van der Waals surface area (Å²) in [6.45, 7) is 3.11. The highest BCUT2D eigenvalue weighted by molar-refractivity contribution is 7.88. The number of methoxy groups -OCH3 is 1. The number of ether oxygens (including phenoxy) is 1. The van der Waals surface area contributed by atoms with Crippen molar-refractivity contribution in [3.8, 4) is 5.75 Å². The molecule has 0 N–H and O–H groups in total. The average Bonchev–Trinajstić information content (AvgIpc) is 2.55. The molecule has 1 amide bonds. The quantitative estimate of drug-likeness (QED) is 0.644. The van der Waals surface area contributed by atoms with Crippen molar-refractivity contribution in [1.82, 2.24) is 9.21 Å². The number of carbonyl (C=O) groups excluding carboxylic acids is 1. The average molecular weight is 356 g/mol. The Bertz CT molecular complexity index is 631. The number of sulfonamides is 1. The maximum atomic E-state index is 12.1. The summed E-state index contributed by atoms with van der Waals surface area (Å²) in [4.78, 5) is 13.8. The number of carbonyl (C=O) groups is 1. The minimum Gasteiger partial charge on any atom is -0.496 e. The molecule has 0 saturated heterocycles. The summed E-state index contributed by atoms with van der Waals surface area (Å²) in [5, 5.41) is 0. The molecular formula is C17H28N2O4S. The van der Waals surface area contributed by atoms with Gasteiger partial charge in [-0.15, -0.1) is 0 Å². The lowest BCUT2D eigenvalue weighted by Crippen LogP contribution is -2.35. The number of hydrogen-bond acceptors (Lipinski definition) is 4. The Balaban J connectivity index is 2.76. The minimum atomic E-state index is -3.42. The minimum absolute atomic E-state index is 0.0443. The molecule has 0 spiro atoms. The lowest BCUT2D eigenvalue weighted by molar-refractivity contribution is -0.130. The van der Waals surface area contributed by atoms with Gasteiger partial charge in [-0.3, -0.25) is 4.79 Å². The molecule has 0 atom stereocenters. The van der Waals surface area contributed by atoms with Gasteiger partial charge in [-0.25, -0.2) is 8.42 Å². The summed E-state index contributed by atoms with van der Waals surface area (Å²) in [7, 11) is -0.115. The fourth-order valence-electron chi connectivity index (χ4n) is 2.32. The van der Waals surface area contributed by atoms with Crippen LogP contribution in [0.15, 0.2) is 24.3 Å². The molecule has 6 nitrogen and oxygen atoms in total. The normalized spacial score (nSPS) is 11.5. The first-order valence-electron chi connectivity index (χ1n) is 8.10. The molecule has 0 aliphatic heterocycles. The van der Waals surface area contributed by atoms with Gasteiger partial charge < -0.3 is 9.64 Å². The van der Waals surface area contributed by atoms with Crippen LogP contribution in [-0.4, -0.2) is 57.0 Å². The molecule has 0 fully saturated rings. The second-order valence-electron chi connectivity index (χ2n) is 5.83. The van der Waals surface area contributed by atoms with Gasteiger partial charge in [0.1, 0.15) is 5.75 Å². The Morgan fingerprint density at radius 1 is 1.21 bits per heavy atom. The lowest BCUT2D eigenvalue weighted by atomic mass is 10.2. The first-order chi connectivity index (χ1) is 11.3. The van der Waals surface area contributed by atoms with E-state index in [0.29, 0.717) is 12.3 Å². The molecule has 0 saturated carbocycles. The molecule has 7 heteroatoms. The standard InChI is InChI=1S/C17H28N2O4S/c1-5-6-12-18(2)17(20)11-13-19(24(4,21)22)14-15-9-7-8-10-16(15)23-3/h7-10H,5-6,11-14H2,1-4H3. The van der Waals surface area contributed by atoms with Crippen molar-refractivity contribution in [1.29, 1.82) is 0 Å². The summed E-state index contributed by atoms with van der Waals surface area (Å²) in [6.07, 6.45) is 3.29. The van der Waals surface area contributed by atoms with E-state index in [9.17, 15) is 13.2 Å². The van der Waals surface area contributed by atoms with E-state index in [1.807, 2.05) is 18.2 Å². The van der Waals surface area contributed by atoms with E-state index in [0.717, 1.165) is 24.7 Å². The third-order valence-corrected chi connectivity index (χ3v) is 5.11. The van der Waals surface area contributed by atoms with E-state index in [2.05, 4.69) is 6.92 Å². The lowest BCUT2D eigenvalue weighted by Gasteiger charge is -2.23. The van der Waals surface area contributed by atoms with Crippen molar-refractivity contribution in [2.24, 2.45) is 0 Å². The molecule has 0 radical (unpaired) electrons. The second-order valence-corrected chi connectivity index (χ2v) is 7.81. The third kappa shape index (κ3) is 6.49. The smallest absolute Gasteiger partial charge is 0.223 e. The summed E-state index contributed by atoms with van der Waals surface area (Å²) in [6, 6.07) is 7.28. The molecule has 0 aromatic heterocycles. The maximum absolute atomic E-state index is 12.1. The van der Waals surface area contributed by atoms with Gasteiger partial charge in [0.15, 0.2) is 0 Å². The predicted octanol–water partition coefficient (Wildman–Crippen LogP) is 2.11. The van der Waals surface area contributed by atoms with Crippen molar-refractivity contribution in [3.63, 3.8) is 0 Å². The molecule has 24 heavy (non-hydrogen) atoms. The van der Waals surface area contributed by atoms with Crippen LogP contribution < -0.4 is 4.74 Å². The fraction of sp³-hybridized carbons (Fsp3) is 0.588. The van der Waals surface area contributed by atoms with Crippen LogP contribution in [0.2, 0.25) is 0 Å². The molecule has 0 aliphatic carbocycles. The molecule has 0 aliphatic rings. The van der Waals surface area contributed by atoms with E-state index in [-0.39, 0.29) is 25.4 Å².